The number of para-hydroxylation sites is 2. The van der Waals surface area contributed by atoms with Gasteiger partial charge in [-0.2, -0.15) is 0 Å². The van der Waals surface area contributed by atoms with Gasteiger partial charge in [0.1, 0.15) is 0 Å². The van der Waals surface area contributed by atoms with Crippen molar-refractivity contribution in [3.05, 3.63) is 60.2 Å². The van der Waals surface area contributed by atoms with E-state index in [9.17, 15) is 4.79 Å². The number of carbonyl (C=O) groups excluding carboxylic acids is 1. The Bertz CT molecular complexity index is 529. The van der Waals surface area contributed by atoms with Crippen molar-refractivity contribution in [2.24, 2.45) is 0 Å². The van der Waals surface area contributed by atoms with Gasteiger partial charge in [-0.25, -0.2) is 0 Å². The number of amides is 1. The van der Waals surface area contributed by atoms with Crippen LogP contribution in [0.15, 0.2) is 54.6 Å². The zero-order chi connectivity index (χ0) is 12.8. The molecule has 0 saturated heterocycles. The van der Waals surface area contributed by atoms with Crippen molar-refractivity contribution in [3.8, 4) is 0 Å². The molecule has 0 fully saturated rings. The largest absolute Gasteiger partial charge is 0.376 e. The zero-order valence-electron chi connectivity index (χ0n) is 10.7. The standard InChI is InChI=1S/C15H16N2O.ClH/c1-12-7-5-6-10-14(12)16-11-15(18)17-13-8-3-2-4-9-13;/h2-10,16H,11H2,1H3,(H,17,18);1H. The van der Waals surface area contributed by atoms with Crippen LogP contribution in [0.1, 0.15) is 5.56 Å². The van der Waals surface area contributed by atoms with Gasteiger partial charge in [0.2, 0.25) is 5.91 Å². The first-order valence-electron chi connectivity index (χ1n) is 5.90. The number of anilines is 2. The van der Waals surface area contributed by atoms with Gasteiger partial charge in [0.05, 0.1) is 6.54 Å². The molecular formula is C15H17ClN2O. The average molecular weight is 277 g/mol. The number of carbonyl (C=O) groups is 1. The third-order valence-electron chi connectivity index (χ3n) is 2.64. The monoisotopic (exact) mass is 276 g/mol. The van der Waals surface area contributed by atoms with E-state index in [1.807, 2.05) is 61.5 Å². The van der Waals surface area contributed by atoms with Crippen LogP contribution in [-0.2, 0) is 4.79 Å². The Hall–Kier alpha value is -2.00. The van der Waals surface area contributed by atoms with Crippen LogP contribution in [0, 0.1) is 6.92 Å². The maximum atomic E-state index is 11.7. The molecule has 0 aromatic heterocycles. The predicted molar refractivity (Wildman–Crippen MR) is 82.0 cm³/mol. The van der Waals surface area contributed by atoms with Gasteiger partial charge >= 0.3 is 0 Å². The number of halogens is 1. The van der Waals surface area contributed by atoms with Gasteiger partial charge in [0.25, 0.3) is 0 Å². The van der Waals surface area contributed by atoms with E-state index < -0.39 is 0 Å². The molecule has 19 heavy (non-hydrogen) atoms. The summed E-state index contributed by atoms with van der Waals surface area (Å²) in [5.74, 6) is -0.0514. The quantitative estimate of drug-likeness (QED) is 0.898. The molecule has 2 aromatic rings. The minimum absolute atomic E-state index is 0. The summed E-state index contributed by atoms with van der Waals surface area (Å²) in [6.07, 6.45) is 0. The van der Waals surface area contributed by atoms with Gasteiger partial charge < -0.3 is 10.6 Å². The minimum atomic E-state index is -0.0514. The smallest absolute Gasteiger partial charge is 0.243 e. The highest BCUT2D eigenvalue weighted by molar-refractivity contribution is 5.93. The number of benzene rings is 2. The summed E-state index contributed by atoms with van der Waals surface area (Å²) in [6, 6.07) is 17.3. The predicted octanol–water partition coefficient (Wildman–Crippen LogP) is 3.47. The Morgan fingerprint density at radius 1 is 1.00 bits per heavy atom. The number of nitrogens with one attached hydrogen (secondary N) is 2. The zero-order valence-corrected chi connectivity index (χ0v) is 11.5. The van der Waals surface area contributed by atoms with Crippen LogP contribution in [-0.4, -0.2) is 12.5 Å². The van der Waals surface area contributed by atoms with Crippen molar-refractivity contribution < 1.29 is 4.79 Å². The summed E-state index contributed by atoms with van der Waals surface area (Å²) in [6.45, 7) is 2.27. The molecule has 0 atom stereocenters. The first kappa shape index (κ1) is 15.1. The Kier molecular flexibility index (Phi) is 5.90. The molecule has 100 valence electrons. The van der Waals surface area contributed by atoms with Crippen LogP contribution in [0.3, 0.4) is 0 Å². The second-order valence-electron chi connectivity index (χ2n) is 4.08. The van der Waals surface area contributed by atoms with Crippen LogP contribution in [0.2, 0.25) is 0 Å². The fourth-order valence-electron chi connectivity index (χ4n) is 1.67. The number of aryl methyl sites for hydroxylation is 1. The van der Waals surface area contributed by atoms with Crippen molar-refractivity contribution in [2.45, 2.75) is 6.92 Å². The second kappa shape index (κ2) is 7.44. The molecule has 2 N–H and O–H groups in total. The molecular weight excluding hydrogens is 260 g/mol. The molecule has 0 spiro atoms. The SMILES string of the molecule is Cc1ccccc1NCC(=O)Nc1ccccc1.Cl. The summed E-state index contributed by atoms with van der Waals surface area (Å²) in [5, 5.41) is 5.95. The van der Waals surface area contributed by atoms with Gasteiger partial charge in [-0.3, -0.25) is 4.79 Å². The molecule has 4 heteroatoms. The topological polar surface area (TPSA) is 41.1 Å². The molecule has 1 amide bonds. The van der Waals surface area contributed by atoms with Crippen LogP contribution in [0.25, 0.3) is 0 Å². The van der Waals surface area contributed by atoms with Crippen LogP contribution in [0.4, 0.5) is 11.4 Å². The lowest BCUT2D eigenvalue weighted by atomic mass is 10.2. The molecule has 0 radical (unpaired) electrons. The number of hydrogen-bond donors (Lipinski definition) is 2. The molecule has 2 aromatic carbocycles. The minimum Gasteiger partial charge on any atom is -0.376 e. The van der Waals surface area contributed by atoms with Gasteiger partial charge in [0, 0.05) is 11.4 Å². The molecule has 3 nitrogen and oxygen atoms in total. The number of rotatable bonds is 4. The third-order valence-corrected chi connectivity index (χ3v) is 2.64. The van der Waals surface area contributed by atoms with Crippen molar-refractivity contribution in [1.82, 2.24) is 0 Å². The molecule has 0 aliphatic heterocycles. The fraction of sp³-hybridized carbons (Fsp3) is 0.133. The average Bonchev–Trinajstić information content (AvgIpc) is 2.39. The highest BCUT2D eigenvalue weighted by Crippen LogP contribution is 2.12. The van der Waals surface area contributed by atoms with E-state index in [1.165, 1.54) is 0 Å². The van der Waals surface area contributed by atoms with Crippen molar-refractivity contribution >= 4 is 29.7 Å². The highest BCUT2D eigenvalue weighted by atomic mass is 35.5. The summed E-state index contributed by atoms with van der Waals surface area (Å²) in [5.41, 5.74) is 2.93. The molecule has 2 rings (SSSR count). The molecule has 0 aliphatic rings. The van der Waals surface area contributed by atoms with Crippen molar-refractivity contribution in [1.29, 1.82) is 0 Å². The second-order valence-corrected chi connectivity index (χ2v) is 4.08. The Balaban J connectivity index is 0.00000180. The Labute approximate surface area is 119 Å². The normalized spacial score (nSPS) is 9.32. The third kappa shape index (κ3) is 4.64. The summed E-state index contributed by atoms with van der Waals surface area (Å²) in [7, 11) is 0. The van der Waals surface area contributed by atoms with E-state index in [4.69, 9.17) is 0 Å². The van der Waals surface area contributed by atoms with Crippen LogP contribution < -0.4 is 10.6 Å². The van der Waals surface area contributed by atoms with E-state index in [0.717, 1.165) is 16.9 Å². The van der Waals surface area contributed by atoms with Crippen molar-refractivity contribution in [3.63, 3.8) is 0 Å². The van der Waals surface area contributed by atoms with E-state index in [0.29, 0.717) is 0 Å². The van der Waals surface area contributed by atoms with Gasteiger partial charge in [0.15, 0.2) is 0 Å². The van der Waals surface area contributed by atoms with E-state index in [1.54, 1.807) is 0 Å². The molecule has 0 aliphatic carbocycles. The molecule has 0 saturated carbocycles. The van der Waals surface area contributed by atoms with E-state index in [-0.39, 0.29) is 24.9 Å². The molecule has 0 bridgehead atoms. The van der Waals surface area contributed by atoms with Gasteiger partial charge in [-0.1, -0.05) is 36.4 Å². The maximum Gasteiger partial charge on any atom is 0.243 e. The number of hydrogen-bond acceptors (Lipinski definition) is 2. The van der Waals surface area contributed by atoms with Gasteiger partial charge in [-0.15, -0.1) is 12.4 Å². The van der Waals surface area contributed by atoms with Crippen molar-refractivity contribution in [2.75, 3.05) is 17.2 Å². The van der Waals surface area contributed by atoms with E-state index >= 15 is 0 Å². The molecule has 0 unspecified atom stereocenters. The Morgan fingerprint density at radius 2 is 1.63 bits per heavy atom. The maximum absolute atomic E-state index is 11.7. The summed E-state index contributed by atoms with van der Waals surface area (Å²) >= 11 is 0. The fourth-order valence-corrected chi connectivity index (χ4v) is 1.67. The summed E-state index contributed by atoms with van der Waals surface area (Å²) < 4.78 is 0. The summed E-state index contributed by atoms with van der Waals surface area (Å²) in [4.78, 5) is 11.7. The first-order valence-corrected chi connectivity index (χ1v) is 5.90. The van der Waals surface area contributed by atoms with Crippen LogP contribution >= 0.6 is 12.4 Å². The Morgan fingerprint density at radius 3 is 2.32 bits per heavy atom. The lowest BCUT2D eigenvalue weighted by Crippen LogP contribution is -2.21. The van der Waals surface area contributed by atoms with Crippen LogP contribution in [0.5, 0.6) is 0 Å². The highest BCUT2D eigenvalue weighted by Gasteiger charge is 2.02. The first-order chi connectivity index (χ1) is 8.75. The molecule has 0 heterocycles. The lowest BCUT2D eigenvalue weighted by molar-refractivity contribution is -0.114. The van der Waals surface area contributed by atoms with Gasteiger partial charge in [-0.05, 0) is 30.7 Å². The van der Waals surface area contributed by atoms with E-state index in [2.05, 4.69) is 10.6 Å². The lowest BCUT2D eigenvalue weighted by Gasteiger charge is -2.09.